The molecule has 0 heterocycles. The van der Waals surface area contributed by atoms with Crippen molar-refractivity contribution < 1.29 is 9.13 Å². The Morgan fingerprint density at radius 1 is 1.21 bits per heavy atom. The second kappa shape index (κ2) is 7.80. The van der Waals surface area contributed by atoms with Crippen molar-refractivity contribution >= 4 is 0 Å². The number of benzene rings is 2. The number of rotatable bonds is 6. The highest BCUT2D eigenvalue weighted by molar-refractivity contribution is 5.32. The zero-order valence-corrected chi connectivity index (χ0v) is 14.5. The Hall–Kier alpha value is -1.87. The van der Waals surface area contributed by atoms with Crippen LogP contribution in [-0.2, 0) is 12.8 Å². The smallest absolute Gasteiger partial charge is 0.165 e. The van der Waals surface area contributed by atoms with E-state index in [9.17, 15) is 4.39 Å². The number of fused-ring (bicyclic) bond motifs is 1. The second-order valence-corrected chi connectivity index (χ2v) is 6.74. The lowest BCUT2D eigenvalue weighted by atomic mass is 9.82. The van der Waals surface area contributed by atoms with E-state index in [0.717, 1.165) is 18.0 Å². The molecule has 1 unspecified atom stereocenters. The van der Waals surface area contributed by atoms with Gasteiger partial charge in [0.05, 0.1) is 7.11 Å². The average Bonchev–Trinajstić information content (AvgIpc) is 2.62. The van der Waals surface area contributed by atoms with E-state index >= 15 is 0 Å². The van der Waals surface area contributed by atoms with Gasteiger partial charge in [-0.1, -0.05) is 30.3 Å². The topological polar surface area (TPSA) is 21.3 Å². The lowest BCUT2D eigenvalue weighted by Gasteiger charge is -2.25. The summed E-state index contributed by atoms with van der Waals surface area (Å²) in [5.41, 5.74) is 4.10. The molecular formula is C21H26FNO. The van der Waals surface area contributed by atoms with Crippen LogP contribution in [-0.4, -0.2) is 13.7 Å². The van der Waals surface area contributed by atoms with E-state index in [2.05, 4.69) is 36.5 Å². The van der Waals surface area contributed by atoms with Crippen molar-refractivity contribution in [1.82, 2.24) is 5.32 Å². The maximum Gasteiger partial charge on any atom is 0.165 e. The zero-order chi connectivity index (χ0) is 16.9. The van der Waals surface area contributed by atoms with Crippen molar-refractivity contribution in [3.63, 3.8) is 0 Å². The molecule has 1 aliphatic rings. The second-order valence-electron chi connectivity index (χ2n) is 6.74. The summed E-state index contributed by atoms with van der Waals surface area (Å²) in [6.07, 6.45) is 4.84. The number of hydrogen-bond donors (Lipinski definition) is 1. The Balaban J connectivity index is 1.50. The van der Waals surface area contributed by atoms with Crippen molar-refractivity contribution in [3.05, 3.63) is 65.0 Å². The molecule has 3 heteroatoms. The molecule has 2 aromatic carbocycles. The van der Waals surface area contributed by atoms with Crippen LogP contribution < -0.4 is 10.1 Å². The van der Waals surface area contributed by atoms with E-state index in [-0.39, 0.29) is 11.9 Å². The third-order valence-electron chi connectivity index (χ3n) is 5.13. The fourth-order valence-corrected chi connectivity index (χ4v) is 3.59. The van der Waals surface area contributed by atoms with Gasteiger partial charge in [-0.15, -0.1) is 0 Å². The summed E-state index contributed by atoms with van der Waals surface area (Å²) in [4.78, 5) is 0. The van der Waals surface area contributed by atoms with Gasteiger partial charge in [0.2, 0.25) is 0 Å². The van der Waals surface area contributed by atoms with E-state index in [1.807, 2.05) is 6.07 Å². The fourth-order valence-electron chi connectivity index (χ4n) is 3.59. The quantitative estimate of drug-likeness (QED) is 0.832. The summed E-state index contributed by atoms with van der Waals surface area (Å²) in [6.45, 7) is 3.09. The van der Waals surface area contributed by atoms with Gasteiger partial charge in [0, 0.05) is 6.04 Å². The van der Waals surface area contributed by atoms with Crippen molar-refractivity contribution in [1.29, 1.82) is 0 Å². The van der Waals surface area contributed by atoms with Crippen LogP contribution in [0, 0.1) is 11.7 Å². The minimum atomic E-state index is -0.311. The maximum absolute atomic E-state index is 13.5. The summed E-state index contributed by atoms with van der Waals surface area (Å²) in [5, 5.41) is 3.56. The SMILES string of the molecule is COc1cc([C@@H](C)NCCC2CCc3ccccc3C2)ccc1F. The highest BCUT2D eigenvalue weighted by atomic mass is 19.1. The first-order chi connectivity index (χ1) is 11.7. The van der Waals surface area contributed by atoms with Gasteiger partial charge in [-0.3, -0.25) is 0 Å². The molecule has 2 nitrogen and oxygen atoms in total. The molecule has 0 aliphatic heterocycles. The summed E-state index contributed by atoms with van der Waals surface area (Å²) >= 11 is 0. The molecule has 0 spiro atoms. The molecule has 2 atom stereocenters. The van der Waals surface area contributed by atoms with Crippen molar-refractivity contribution in [2.45, 2.75) is 38.6 Å². The van der Waals surface area contributed by atoms with Crippen LogP contribution in [0.3, 0.4) is 0 Å². The Bertz CT molecular complexity index is 685. The van der Waals surface area contributed by atoms with Crippen LogP contribution in [0.2, 0.25) is 0 Å². The van der Waals surface area contributed by atoms with E-state index in [4.69, 9.17) is 4.74 Å². The minimum absolute atomic E-state index is 0.190. The van der Waals surface area contributed by atoms with Gasteiger partial charge in [0.1, 0.15) is 0 Å². The molecule has 2 aromatic rings. The predicted octanol–water partition coefficient (Wildman–Crippen LogP) is 4.68. The predicted molar refractivity (Wildman–Crippen MR) is 95.9 cm³/mol. The molecule has 0 saturated carbocycles. The van der Waals surface area contributed by atoms with Crippen LogP contribution in [0.5, 0.6) is 5.75 Å². The van der Waals surface area contributed by atoms with Crippen molar-refractivity contribution in [2.75, 3.05) is 13.7 Å². The Labute approximate surface area is 144 Å². The molecular weight excluding hydrogens is 301 g/mol. The molecule has 0 saturated heterocycles. The summed E-state index contributed by atoms with van der Waals surface area (Å²) < 4.78 is 18.6. The molecule has 0 fully saturated rings. The first kappa shape index (κ1) is 17.0. The van der Waals surface area contributed by atoms with Crippen LogP contribution in [0.1, 0.15) is 42.5 Å². The molecule has 0 radical (unpaired) electrons. The maximum atomic E-state index is 13.5. The third-order valence-corrected chi connectivity index (χ3v) is 5.13. The summed E-state index contributed by atoms with van der Waals surface area (Å²) in [7, 11) is 1.50. The standard InChI is InChI=1S/C21H26FNO/c1-15(18-9-10-20(22)21(14-18)24-2)23-12-11-16-7-8-17-5-3-4-6-19(17)13-16/h3-6,9-10,14-16,23H,7-8,11-13H2,1-2H3/t15-,16?/m1/s1. The molecule has 0 amide bonds. The monoisotopic (exact) mass is 327 g/mol. The molecule has 24 heavy (non-hydrogen) atoms. The molecule has 0 aromatic heterocycles. The van der Waals surface area contributed by atoms with Crippen LogP contribution in [0.15, 0.2) is 42.5 Å². The summed E-state index contributed by atoms with van der Waals surface area (Å²) in [6, 6.07) is 14.1. The Morgan fingerprint density at radius 2 is 2.00 bits per heavy atom. The lowest BCUT2D eigenvalue weighted by Crippen LogP contribution is -2.24. The molecule has 1 N–H and O–H groups in total. The summed E-state index contributed by atoms with van der Waals surface area (Å²) in [5.74, 6) is 0.752. The lowest BCUT2D eigenvalue weighted by molar-refractivity contribution is 0.383. The highest BCUT2D eigenvalue weighted by Gasteiger charge is 2.18. The zero-order valence-electron chi connectivity index (χ0n) is 14.5. The fraction of sp³-hybridized carbons (Fsp3) is 0.429. The first-order valence-electron chi connectivity index (χ1n) is 8.81. The van der Waals surface area contributed by atoms with Gasteiger partial charge in [-0.2, -0.15) is 0 Å². The third kappa shape index (κ3) is 3.96. The Morgan fingerprint density at radius 3 is 2.79 bits per heavy atom. The van der Waals surface area contributed by atoms with Crippen molar-refractivity contribution in [2.24, 2.45) is 5.92 Å². The number of ether oxygens (including phenoxy) is 1. The van der Waals surface area contributed by atoms with Gasteiger partial charge < -0.3 is 10.1 Å². The first-order valence-corrected chi connectivity index (χ1v) is 8.81. The van der Waals surface area contributed by atoms with Gasteiger partial charge in [-0.25, -0.2) is 4.39 Å². The average molecular weight is 327 g/mol. The van der Waals surface area contributed by atoms with Gasteiger partial charge in [-0.05, 0) is 73.9 Å². The Kier molecular flexibility index (Phi) is 5.52. The van der Waals surface area contributed by atoms with Gasteiger partial charge >= 0.3 is 0 Å². The van der Waals surface area contributed by atoms with Gasteiger partial charge in [0.15, 0.2) is 11.6 Å². The normalized spacial score (nSPS) is 18.0. The van der Waals surface area contributed by atoms with Crippen LogP contribution >= 0.6 is 0 Å². The van der Waals surface area contributed by atoms with Crippen LogP contribution in [0.4, 0.5) is 4.39 Å². The van der Waals surface area contributed by atoms with E-state index in [1.54, 1.807) is 6.07 Å². The number of hydrogen-bond acceptors (Lipinski definition) is 2. The number of nitrogens with one attached hydrogen (secondary N) is 1. The van der Waals surface area contributed by atoms with E-state index in [1.165, 1.54) is 50.0 Å². The molecule has 1 aliphatic carbocycles. The molecule has 0 bridgehead atoms. The van der Waals surface area contributed by atoms with E-state index < -0.39 is 0 Å². The number of aryl methyl sites for hydroxylation is 1. The van der Waals surface area contributed by atoms with Crippen LogP contribution in [0.25, 0.3) is 0 Å². The highest BCUT2D eigenvalue weighted by Crippen LogP contribution is 2.27. The molecule has 128 valence electrons. The van der Waals surface area contributed by atoms with E-state index in [0.29, 0.717) is 5.75 Å². The van der Waals surface area contributed by atoms with Crippen molar-refractivity contribution in [3.8, 4) is 5.75 Å². The minimum Gasteiger partial charge on any atom is -0.494 e. The number of halogens is 1. The largest absolute Gasteiger partial charge is 0.494 e. The molecule has 3 rings (SSSR count). The number of methoxy groups -OCH3 is 1. The van der Waals surface area contributed by atoms with Gasteiger partial charge in [0.25, 0.3) is 0 Å².